The second-order valence-electron chi connectivity index (χ2n) is 5.70. The molecular weight excluding hydrogens is 355 g/mol. The number of carbonyl (C=O) groups is 3. The summed E-state index contributed by atoms with van der Waals surface area (Å²) in [5.41, 5.74) is 5.55. The van der Waals surface area contributed by atoms with Crippen LogP contribution < -0.4 is 10.5 Å². The third-order valence-corrected chi connectivity index (χ3v) is 3.59. The first kappa shape index (κ1) is 19.9. The fraction of sp³-hybridized carbons (Fsp3) is 0.211. The lowest BCUT2D eigenvalue weighted by molar-refractivity contribution is -0.133. The molecule has 2 amide bonds. The van der Waals surface area contributed by atoms with Crippen LogP contribution in [-0.2, 0) is 20.9 Å². The molecule has 0 aromatic heterocycles. The van der Waals surface area contributed by atoms with Crippen molar-refractivity contribution in [1.82, 2.24) is 4.90 Å². The zero-order valence-electron chi connectivity index (χ0n) is 14.7. The molecule has 142 valence electrons. The molecule has 0 unspecified atom stereocenters. The summed E-state index contributed by atoms with van der Waals surface area (Å²) in [5, 5.41) is 0. The molecule has 0 bridgehead atoms. The molecule has 2 aromatic carbocycles. The Hall–Kier alpha value is -3.42. The van der Waals surface area contributed by atoms with Crippen LogP contribution in [0.2, 0.25) is 0 Å². The summed E-state index contributed by atoms with van der Waals surface area (Å²) < 4.78 is 23.7. The zero-order chi connectivity index (χ0) is 19.8. The van der Waals surface area contributed by atoms with Crippen LogP contribution >= 0.6 is 0 Å². The molecule has 27 heavy (non-hydrogen) atoms. The van der Waals surface area contributed by atoms with Crippen LogP contribution in [0.3, 0.4) is 0 Å². The highest BCUT2D eigenvalue weighted by Crippen LogP contribution is 2.13. The summed E-state index contributed by atoms with van der Waals surface area (Å²) in [5.74, 6) is -1.81. The van der Waals surface area contributed by atoms with Gasteiger partial charge in [-0.2, -0.15) is 0 Å². The predicted molar refractivity (Wildman–Crippen MR) is 94.3 cm³/mol. The highest BCUT2D eigenvalue weighted by molar-refractivity contribution is 5.91. The number of hydrogen-bond donors (Lipinski definition) is 1. The molecule has 0 heterocycles. The smallest absolute Gasteiger partial charge is 0.338 e. The van der Waals surface area contributed by atoms with Gasteiger partial charge in [0, 0.05) is 19.2 Å². The van der Waals surface area contributed by atoms with Gasteiger partial charge in [0.15, 0.2) is 13.2 Å². The molecule has 0 aliphatic rings. The zero-order valence-corrected chi connectivity index (χ0v) is 14.7. The number of hydrogen-bond acceptors (Lipinski definition) is 5. The molecule has 0 fully saturated rings. The molecule has 7 nitrogen and oxygen atoms in total. The van der Waals surface area contributed by atoms with Crippen molar-refractivity contribution in [3.8, 4) is 5.75 Å². The number of nitrogens with two attached hydrogens (primary N) is 1. The van der Waals surface area contributed by atoms with Crippen molar-refractivity contribution in [2.75, 3.05) is 20.3 Å². The van der Waals surface area contributed by atoms with Gasteiger partial charge in [0.1, 0.15) is 11.6 Å². The summed E-state index contributed by atoms with van der Waals surface area (Å²) in [6.45, 7) is -0.675. The minimum Gasteiger partial charge on any atom is -0.484 e. The Kier molecular flexibility index (Phi) is 6.87. The van der Waals surface area contributed by atoms with Crippen molar-refractivity contribution >= 4 is 17.8 Å². The lowest BCUT2D eigenvalue weighted by atomic mass is 10.2. The van der Waals surface area contributed by atoms with Gasteiger partial charge < -0.3 is 20.1 Å². The molecule has 0 spiro atoms. The minimum absolute atomic E-state index is 0.0644. The Morgan fingerprint density at radius 2 is 1.70 bits per heavy atom. The summed E-state index contributed by atoms with van der Waals surface area (Å²) >= 11 is 0. The third-order valence-electron chi connectivity index (χ3n) is 3.59. The van der Waals surface area contributed by atoms with Crippen LogP contribution in [0, 0.1) is 5.82 Å². The molecule has 8 heteroatoms. The van der Waals surface area contributed by atoms with E-state index in [2.05, 4.69) is 0 Å². The first-order valence-corrected chi connectivity index (χ1v) is 8.02. The number of amides is 2. The standard InChI is InChI=1S/C19H19FN2O5/c1-22(10-14-4-2-3-5-16(14)20)18(24)12-27-19(25)13-6-8-15(9-7-13)26-11-17(21)23/h2-9H,10-12H2,1H3,(H2,21,23). The van der Waals surface area contributed by atoms with Gasteiger partial charge >= 0.3 is 5.97 Å². The van der Waals surface area contributed by atoms with E-state index in [1.165, 1.54) is 42.3 Å². The van der Waals surface area contributed by atoms with Crippen LogP contribution in [-0.4, -0.2) is 42.9 Å². The highest BCUT2D eigenvalue weighted by Gasteiger charge is 2.15. The van der Waals surface area contributed by atoms with Gasteiger partial charge in [-0.15, -0.1) is 0 Å². The lowest BCUT2D eigenvalue weighted by Crippen LogP contribution is -2.31. The van der Waals surface area contributed by atoms with E-state index in [4.69, 9.17) is 15.2 Å². The summed E-state index contributed by atoms with van der Waals surface area (Å²) in [7, 11) is 1.49. The third kappa shape index (κ3) is 6.10. The van der Waals surface area contributed by atoms with Crippen molar-refractivity contribution in [2.45, 2.75) is 6.54 Å². The van der Waals surface area contributed by atoms with Crippen LogP contribution in [0.5, 0.6) is 5.75 Å². The number of ether oxygens (including phenoxy) is 2. The van der Waals surface area contributed by atoms with E-state index < -0.39 is 30.2 Å². The van der Waals surface area contributed by atoms with Gasteiger partial charge in [-0.05, 0) is 30.3 Å². The molecule has 2 N–H and O–H groups in total. The molecule has 2 rings (SSSR count). The number of halogens is 1. The first-order valence-electron chi connectivity index (χ1n) is 8.02. The molecular formula is C19H19FN2O5. The van der Waals surface area contributed by atoms with Crippen LogP contribution in [0.25, 0.3) is 0 Å². The van der Waals surface area contributed by atoms with Crippen molar-refractivity contribution in [2.24, 2.45) is 5.73 Å². The first-order chi connectivity index (χ1) is 12.9. The van der Waals surface area contributed by atoms with Gasteiger partial charge in [0.2, 0.25) is 0 Å². The van der Waals surface area contributed by atoms with Crippen molar-refractivity contribution < 1.29 is 28.2 Å². The molecule has 0 saturated carbocycles. The Morgan fingerprint density at radius 1 is 1.04 bits per heavy atom. The number of nitrogens with zero attached hydrogens (tertiary/aromatic N) is 1. The maximum absolute atomic E-state index is 13.6. The van der Waals surface area contributed by atoms with E-state index in [1.807, 2.05) is 0 Å². The number of esters is 1. The van der Waals surface area contributed by atoms with E-state index >= 15 is 0 Å². The van der Waals surface area contributed by atoms with E-state index in [-0.39, 0.29) is 18.7 Å². The van der Waals surface area contributed by atoms with Crippen LogP contribution in [0.4, 0.5) is 4.39 Å². The quantitative estimate of drug-likeness (QED) is 0.706. The van der Waals surface area contributed by atoms with Gasteiger partial charge in [-0.3, -0.25) is 9.59 Å². The van der Waals surface area contributed by atoms with Crippen LogP contribution in [0.15, 0.2) is 48.5 Å². The lowest BCUT2D eigenvalue weighted by Gasteiger charge is -2.17. The number of carbonyl (C=O) groups excluding carboxylic acids is 3. The minimum atomic E-state index is -0.691. The maximum atomic E-state index is 13.6. The van der Waals surface area contributed by atoms with Gasteiger partial charge in [0.05, 0.1) is 5.56 Å². The molecule has 0 saturated heterocycles. The molecule has 0 aliphatic carbocycles. The van der Waals surface area contributed by atoms with Gasteiger partial charge in [-0.25, -0.2) is 9.18 Å². The van der Waals surface area contributed by atoms with Crippen LogP contribution in [0.1, 0.15) is 15.9 Å². The SMILES string of the molecule is CN(Cc1ccccc1F)C(=O)COC(=O)c1ccc(OCC(N)=O)cc1. The Balaban J connectivity index is 1.84. The largest absolute Gasteiger partial charge is 0.484 e. The summed E-state index contributed by atoms with van der Waals surface area (Å²) in [6, 6.07) is 12.0. The number of primary amides is 1. The predicted octanol–water partition coefficient (Wildman–Crippen LogP) is 1.51. The normalized spacial score (nSPS) is 10.1. The van der Waals surface area contributed by atoms with Crippen molar-refractivity contribution in [1.29, 1.82) is 0 Å². The number of likely N-dealkylation sites (N-methyl/N-ethyl adjacent to an activating group) is 1. The van der Waals surface area contributed by atoms with E-state index in [1.54, 1.807) is 18.2 Å². The topological polar surface area (TPSA) is 98.9 Å². The summed E-state index contributed by atoms with van der Waals surface area (Å²) in [6.07, 6.45) is 0. The average molecular weight is 374 g/mol. The fourth-order valence-electron chi connectivity index (χ4n) is 2.13. The van der Waals surface area contributed by atoms with E-state index in [0.29, 0.717) is 11.3 Å². The van der Waals surface area contributed by atoms with Crippen molar-refractivity contribution in [3.05, 3.63) is 65.5 Å². The van der Waals surface area contributed by atoms with E-state index in [0.717, 1.165) is 0 Å². The second kappa shape index (κ2) is 9.33. The monoisotopic (exact) mass is 374 g/mol. The Morgan fingerprint density at radius 3 is 2.33 bits per heavy atom. The molecule has 0 aliphatic heterocycles. The Labute approximate surface area is 155 Å². The second-order valence-corrected chi connectivity index (χ2v) is 5.70. The number of benzene rings is 2. The van der Waals surface area contributed by atoms with Crippen molar-refractivity contribution in [3.63, 3.8) is 0 Å². The fourth-order valence-corrected chi connectivity index (χ4v) is 2.13. The molecule has 0 radical (unpaired) electrons. The average Bonchev–Trinajstić information content (AvgIpc) is 2.66. The number of rotatable bonds is 8. The molecule has 0 atom stereocenters. The van der Waals surface area contributed by atoms with Gasteiger partial charge in [-0.1, -0.05) is 18.2 Å². The van der Waals surface area contributed by atoms with E-state index in [9.17, 15) is 18.8 Å². The van der Waals surface area contributed by atoms with Gasteiger partial charge in [0.25, 0.3) is 11.8 Å². The molecule has 2 aromatic rings. The highest BCUT2D eigenvalue weighted by atomic mass is 19.1. The summed E-state index contributed by atoms with van der Waals surface area (Å²) in [4.78, 5) is 36.0. The Bertz CT molecular complexity index is 823. The maximum Gasteiger partial charge on any atom is 0.338 e.